The van der Waals surface area contributed by atoms with Gasteiger partial charge >= 0.3 is 0 Å². The number of likely N-dealkylation sites (N-methyl/N-ethyl adjacent to an activating group) is 6. The second kappa shape index (κ2) is 31.2. The maximum Gasteiger partial charge on any atom is 0.245 e. The maximum atomic E-state index is 14.9. The SMILES string of the molecule is CCC[C@@H]1NC(=O)[C@H](C(C)O)NC(=O)[C@H](CC(C)C)N(C)C(=O)[C@H](CC(C)C)N(C)C(=O)[C@H](CC(C)C)N(C)C(=O)[C@@H](C)NC(=O)[C@H](CC(C)C)N(C)C(=O)[C@H](C(C)C)NC(=O)[C@H](CC(C)C)N(C)C(=O)CN(C)C1=O. The van der Waals surface area contributed by atoms with Crippen LogP contribution >= 0.6 is 0 Å². The summed E-state index contributed by atoms with van der Waals surface area (Å²) < 4.78 is 0. The summed E-state index contributed by atoms with van der Waals surface area (Å²) in [6.07, 6.45) is -0.103. The molecule has 0 spiro atoms. The van der Waals surface area contributed by atoms with Crippen LogP contribution in [0, 0.1) is 35.5 Å². The zero-order chi connectivity index (χ0) is 59.0. The average Bonchev–Trinajstić information content (AvgIpc) is 3.32. The highest BCUT2D eigenvalue weighted by Crippen LogP contribution is 2.23. The third kappa shape index (κ3) is 19.9. The maximum absolute atomic E-state index is 14.9. The number of amides is 10. The zero-order valence-corrected chi connectivity index (χ0v) is 50.1. The molecular formula is C55H100N10O11. The normalized spacial score (nSPS) is 26.6. The van der Waals surface area contributed by atoms with Crippen LogP contribution in [-0.2, 0) is 47.9 Å². The van der Waals surface area contributed by atoms with Crippen molar-refractivity contribution in [2.24, 2.45) is 35.5 Å². The van der Waals surface area contributed by atoms with Gasteiger partial charge in [0.25, 0.3) is 0 Å². The van der Waals surface area contributed by atoms with Crippen molar-refractivity contribution in [3.05, 3.63) is 0 Å². The summed E-state index contributed by atoms with van der Waals surface area (Å²) in [5.74, 6) is -7.63. The lowest BCUT2D eigenvalue weighted by Crippen LogP contribution is -2.62. The van der Waals surface area contributed by atoms with E-state index in [9.17, 15) is 53.1 Å². The molecular weight excluding hydrogens is 977 g/mol. The van der Waals surface area contributed by atoms with Gasteiger partial charge < -0.3 is 55.8 Å². The van der Waals surface area contributed by atoms with Gasteiger partial charge in [0, 0.05) is 42.3 Å². The molecule has 0 radical (unpaired) electrons. The van der Waals surface area contributed by atoms with E-state index < -0.39 is 132 Å². The molecule has 21 nitrogen and oxygen atoms in total. The predicted molar refractivity (Wildman–Crippen MR) is 293 cm³/mol. The zero-order valence-electron chi connectivity index (χ0n) is 50.1. The molecule has 0 bridgehead atoms. The van der Waals surface area contributed by atoms with Crippen molar-refractivity contribution in [2.45, 2.75) is 209 Å². The van der Waals surface area contributed by atoms with Crippen LogP contribution in [0.25, 0.3) is 0 Å². The van der Waals surface area contributed by atoms with E-state index in [1.165, 1.54) is 80.6 Å². The topological polar surface area (TPSA) is 258 Å². The Morgan fingerprint density at radius 2 is 0.776 bits per heavy atom. The second-order valence-electron chi connectivity index (χ2n) is 23.8. The molecule has 5 N–H and O–H groups in total. The largest absolute Gasteiger partial charge is 0.391 e. The monoisotopic (exact) mass is 1080 g/mol. The summed E-state index contributed by atoms with van der Waals surface area (Å²) in [6, 6.07) is -10.8. The Bertz CT molecular complexity index is 1990. The number of aliphatic hydroxyl groups is 1. The standard InChI is InChI=1S/C55H100N10O11/c1-22-23-38-52(73)60(16)29-44(67)61(17)39(24-30(2)3)48(69)58-45(35(12)13)55(76)63(19)40(25-31(4)5)47(68)56-36(14)51(72)64(20)42(27-33(8)9)54(75)65(21)43(28-34(10)11)53(74)62(18)41(26-32(6)7)49(70)59-46(37(15)66)50(71)57-38/h30-43,45-46,66H,22-29H2,1-21H3,(H,56,68)(H,57,71)(H,58,69)(H,59,70)/t36-,37?,38+,39+,40+,41+,42+,43+,45+,46+/m1/s1. The number of nitrogens with one attached hydrogen (secondary N) is 4. The van der Waals surface area contributed by atoms with E-state index in [0.717, 1.165) is 4.90 Å². The van der Waals surface area contributed by atoms with Gasteiger partial charge in [-0.05, 0) is 87.9 Å². The third-order valence-corrected chi connectivity index (χ3v) is 14.0. The first-order valence-corrected chi connectivity index (χ1v) is 27.5. The number of carbonyl (C=O) groups excluding carboxylic acids is 10. The van der Waals surface area contributed by atoms with Gasteiger partial charge in [0.2, 0.25) is 59.1 Å². The first-order chi connectivity index (χ1) is 35.0. The van der Waals surface area contributed by atoms with E-state index >= 15 is 0 Å². The lowest BCUT2D eigenvalue weighted by molar-refractivity contribution is -0.153. The van der Waals surface area contributed by atoms with Gasteiger partial charge in [0.05, 0.1) is 12.6 Å². The Morgan fingerprint density at radius 3 is 1.16 bits per heavy atom. The predicted octanol–water partition coefficient (Wildman–Crippen LogP) is 2.62. The van der Waals surface area contributed by atoms with Gasteiger partial charge in [0.1, 0.15) is 54.4 Å². The van der Waals surface area contributed by atoms with Gasteiger partial charge in [-0.2, -0.15) is 0 Å². The molecule has 1 aliphatic heterocycles. The molecule has 10 atom stereocenters. The lowest BCUT2D eigenvalue weighted by atomic mass is 9.96. The number of rotatable bonds is 14. The molecule has 10 amide bonds. The summed E-state index contributed by atoms with van der Waals surface area (Å²) in [7, 11) is 8.65. The minimum absolute atomic E-state index is 0.108. The van der Waals surface area contributed by atoms with Crippen molar-refractivity contribution in [1.29, 1.82) is 0 Å². The summed E-state index contributed by atoms with van der Waals surface area (Å²) in [4.78, 5) is 152. The highest BCUT2D eigenvalue weighted by molar-refractivity contribution is 5.99. The Balaban J connectivity index is 4.22. The average molecular weight is 1080 g/mol. The fourth-order valence-electron chi connectivity index (χ4n) is 9.44. The minimum atomic E-state index is -1.60. The molecule has 1 saturated heterocycles. The highest BCUT2D eigenvalue weighted by atomic mass is 16.3. The van der Waals surface area contributed by atoms with Crippen molar-refractivity contribution < 1.29 is 53.1 Å². The van der Waals surface area contributed by atoms with E-state index in [-0.39, 0.29) is 68.1 Å². The minimum Gasteiger partial charge on any atom is -0.391 e. The van der Waals surface area contributed by atoms with Crippen molar-refractivity contribution in [1.82, 2.24) is 50.7 Å². The number of nitrogens with zero attached hydrogens (tertiary/aromatic N) is 6. The molecule has 1 heterocycles. The fourth-order valence-corrected chi connectivity index (χ4v) is 9.44. The van der Waals surface area contributed by atoms with E-state index in [2.05, 4.69) is 21.3 Å². The van der Waals surface area contributed by atoms with Crippen LogP contribution in [0.3, 0.4) is 0 Å². The molecule has 1 rings (SSSR count). The Kier molecular flexibility index (Phi) is 28.2. The smallest absolute Gasteiger partial charge is 0.245 e. The molecule has 1 fully saturated rings. The van der Waals surface area contributed by atoms with Gasteiger partial charge in [-0.3, -0.25) is 47.9 Å². The van der Waals surface area contributed by atoms with Crippen molar-refractivity contribution >= 4 is 59.1 Å². The van der Waals surface area contributed by atoms with Crippen LogP contribution in [0.15, 0.2) is 0 Å². The Morgan fingerprint density at radius 1 is 0.434 bits per heavy atom. The third-order valence-electron chi connectivity index (χ3n) is 14.0. The van der Waals surface area contributed by atoms with Crippen molar-refractivity contribution in [2.75, 3.05) is 48.8 Å². The summed E-state index contributed by atoms with van der Waals surface area (Å²) in [6.45, 7) is 26.3. The number of hydrogen-bond acceptors (Lipinski definition) is 11. The molecule has 21 heteroatoms. The lowest BCUT2D eigenvalue weighted by Gasteiger charge is -2.39. The van der Waals surface area contributed by atoms with Crippen LogP contribution < -0.4 is 21.3 Å². The molecule has 0 aromatic rings. The quantitative estimate of drug-likeness (QED) is 0.169. The number of carbonyl (C=O) groups is 10. The Labute approximate surface area is 455 Å². The van der Waals surface area contributed by atoms with E-state index in [1.54, 1.807) is 20.8 Å². The van der Waals surface area contributed by atoms with Crippen molar-refractivity contribution in [3.63, 3.8) is 0 Å². The summed E-state index contributed by atoms with van der Waals surface area (Å²) in [5.41, 5.74) is 0. The van der Waals surface area contributed by atoms with Gasteiger partial charge in [-0.15, -0.1) is 0 Å². The molecule has 0 saturated carbocycles. The molecule has 436 valence electrons. The highest BCUT2D eigenvalue weighted by Gasteiger charge is 2.43. The molecule has 0 aromatic carbocycles. The molecule has 1 aliphatic rings. The second-order valence-corrected chi connectivity index (χ2v) is 23.8. The molecule has 76 heavy (non-hydrogen) atoms. The van der Waals surface area contributed by atoms with Crippen LogP contribution in [-0.4, -0.2) is 203 Å². The van der Waals surface area contributed by atoms with E-state index in [4.69, 9.17) is 0 Å². The first-order valence-electron chi connectivity index (χ1n) is 27.5. The van der Waals surface area contributed by atoms with Gasteiger partial charge in [0.15, 0.2) is 0 Å². The van der Waals surface area contributed by atoms with Gasteiger partial charge in [-0.1, -0.05) is 96.4 Å². The molecule has 0 aromatic heterocycles. The van der Waals surface area contributed by atoms with Crippen molar-refractivity contribution in [3.8, 4) is 0 Å². The Hall–Kier alpha value is -5.34. The van der Waals surface area contributed by atoms with E-state index in [1.807, 2.05) is 69.2 Å². The molecule has 1 unspecified atom stereocenters. The van der Waals surface area contributed by atoms with E-state index in [0.29, 0.717) is 6.42 Å². The van der Waals surface area contributed by atoms with Crippen LogP contribution in [0.2, 0.25) is 0 Å². The number of hydrogen-bond donors (Lipinski definition) is 5. The number of aliphatic hydroxyl groups excluding tert-OH is 1. The molecule has 0 aliphatic carbocycles. The van der Waals surface area contributed by atoms with Crippen LogP contribution in [0.4, 0.5) is 0 Å². The van der Waals surface area contributed by atoms with Crippen LogP contribution in [0.5, 0.6) is 0 Å². The van der Waals surface area contributed by atoms with Crippen LogP contribution in [0.1, 0.15) is 149 Å². The summed E-state index contributed by atoms with van der Waals surface area (Å²) in [5, 5.41) is 21.9. The van der Waals surface area contributed by atoms with Gasteiger partial charge in [-0.25, -0.2) is 0 Å². The first kappa shape index (κ1) is 68.7. The summed E-state index contributed by atoms with van der Waals surface area (Å²) >= 11 is 0. The fraction of sp³-hybridized carbons (Fsp3) is 0.818.